The van der Waals surface area contributed by atoms with Crippen LogP contribution in [0.3, 0.4) is 0 Å². The van der Waals surface area contributed by atoms with E-state index in [1.165, 1.54) is 39.8 Å². The van der Waals surface area contributed by atoms with Crippen LogP contribution in [0.1, 0.15) is 127 Å². The zero-order valence-corrected chi connectivity index (χ0v) is 44.9. The molecule has 0 bridgehead atoms. The third-order valence-electron chi connectivity index (χ3n) is 12.5. The second kappa shape index (κ2) is 31.2. The first-order valence-corrected chi connectivity index (χ1v) is 27.9. The van der Waals surface area contributed by atoms with Crippen LogP contribution in [0, 0.1) is 17.8 Å². The van der Waals surface area contributed by atoms with Crippen LogP contribution in [-0.2, 0) is 35.0 Å². The molecule has 1 aliphatic heterocycles. The molecule has 71 heavy (non-hydrogen) atoms. The molecule has 1 fully saturated rings. The van der Waals surface area contributed by atoms with Crippen LogP contribution in [0.15, 0.2) is 59.1 Å². The van der Waals surface area contributed by atoms with Crippen molar-refractivity contribution >= 4 is 62.7 Å². The Morgan fingerprint density at radius 1 is 1.00 bits per heavy atom. The summed E-state index contributed by atoms with van der Waals surface area (Å²) in [5.41, 5.74) is 5.58. The molecule has 0 radical (unpaired) electrons. The molecular formula is C50H76N8O10S3. The zero-order chi connectivity index (χ0) is 51.9. The number of aromatic nitrogens is 2. The smallest absolute Gasteiger partial charge is 0.426 e. The molecule has 6 N–H and O–H groups in total. The van der Waals surface area contributed by atoms with Crippen LogP contribution in [0.5, 0.6) is 5.75 Å². The largest absolute Gasteiger partial charge is 0.508 e. The average molecular weight is 1050 g/mol. The van der Waals surface area contributed by atoms with Crippen molar-refractivity contribution in [2.24, 2.45) is 17.8 Å². The van der Waals surface area contributed by atoms with Gasteiger partial charge in [-0.15, -0.1) is 11.3 Å². The predicted octanol–water partition coefficient (Wildman–Crippen LogP) is 7.24. The molecule has 1 aromatic carbocycles. The minimum absolute atomic E-state index is 0.00694. The maximum atomic E-state index is 14.0. The summed E-state index contributed by atoms with van der Waals surface area (Å²) in [6.07, 6.45) is 4.59. The number of benzene rings is 1. The highest BCUT2D eigenvalue weighted by atomic mass is 33.1. The molecular weight excluding hydrogens is 969 g/mol. The first-order chi connectivity index (χ1) is 34.0. The summed E-state index contributed by atoms with van der Waals surface area (Å²) in [5.74, 6) is -1.57. The molecule has 1 aliphatic rings. The van der Waals surface area contributed by atoms with Crippen molar-refractivity contribution in [2.75, 3.05) is 39.2 Å². The minimum atomic E-state index is -0.995. The number of phenols is 1. The standard InChI is InChI=1S/C50H76N8O10S3/c1-9-15-45(61)67-31-58(29-39(33(5)10-2)53-48(64)41-16-12-14-23-57(41)8)42(32(3)4)28-43(68-35(7)59)49-54-40(30-69-49)47(63)52-37(27-36-18-20-38(60)21-19-36)26-34(6)46(62)55-56-50(65)66-24-25-70-71-44-17-11-13-22-51-44/h11,13,17-22,30,32-34,37,39,41-43,45,60-61H,9-10,12,14-16,23-29,31H2,1-8H3,(H,52,63)(H,53,64)(H,55,62)(H,56,65)/t33-,34-,37+,39+,41?,42+,43+,45?/m0/s1. The molecule has 4 amide bonds. The molecule has 3 heterocycles. The zero-order valence-electron chi connectivity index (χ0n) is 42.5. The Bertz CT molecular complexity index is 2090. The van der Waals surface area contributed by atoms with Crippen molar-refractivity contribution in [1.29, 1.82) is 0 Å². The lowest BCUT2D eigenvalue weighted by Gasteiger charge is -2.40. The number of hydrogen-bond acceptors (Lipinski definition) is 17. The van der Waals surface area contributed by atoms with E-state index >= 15 is 0 Å². The van der Waals surface area contributed by atoms with Crippen molar-refractivity contribution in [3.8, 4) is 5.75 Å². The molecule has 394 valence electrons. The molecule has 3 aromatic rings. The van der Waals surface area contributed by atoms with Gasteiger partial charge in [-0.25, -0.2) is 20.2 Å². The van der Waals surface area contributed by atoms with Crippen LogP contribution in [-0.4, -0.2) is 129 Å². The highest BCUT2D eigenvalue weighted by molar-refractivity contribution is 8.76. The van der Waals surface area contributed by atoms with Gasteiger partial charge in [-0.3, -0.25) is 34.4 Å². The van der Waals surface area contributed by atoms with Crippen LogP contribution >= 0.6 is 32.9 Å². The quantitative estimate of drug-likeness (QED) is 0.0132. The number of thiazole rings is 1. The second-order valence-electron chi connectivity index (χ2n) is 18.5. The Balaban J connectivity index is 1.48. The lowest BCUT2D eigenvalue weighted by atomic mass is 9.93. The van der Waals surface area contributed by atoms with E-state index in [9.17, 15) is 34.2 Å². The van der Waals surface area contributed by atoms with Crippen molar-refractivity contribution in [1.82, 2.24) is 41.3 Å². The highest BCUT2D eigenvalue weighted by Gasteiger charge is 2.35. The Morgan fingerprint density at radius 2 is 1.76 bits per heavy atom. The molecule has 0 spiro atoms. The molecule has 2 aromatic heterocycles. The number of pyridine rings is 1. The van der Waals surface area contributed by atoms with E-state index in [1.807, 2.05) is 32.2 Å². The van der Waals surface area contributed by atoms with Crippen LogP contribution in [0.2, 0.25) is 0 Å². The van der Waals surface area contributed by atoms with Gasteiger partial charge >= 0.3 is 12.1 Å². The maximum absolute atomic E-state index is 14.0. The summed E-state index contributed by atoms with van der Waals surface area (Å²) in [5, 5.41) is 29.9. The number of rotatable bonds is 29. The third kappa shape index (κ3) is 20.9. The molecule has 2 unspecified atom stereocenters. The number of ether oxygens (including phenoxy) is 3. The van der Waals surface area contributed by atoms with Gasteiger partial charge in [0.1, 0.15) is 34.8 Å². The number of aliphatic hydroxyl groups excluding tert-OH is 1. The van der Waals surface area contributed by atoms with E-state index in [2.05, 4.69) is 64.0 Å². The first-order valence-electron chi connectivity index (χ1n) is 24.7. The van der Waals surface area contributed by atoms with Crippen molar-refractivity contribution in [3.05, 3.63) is 70.3 Å². The maximum Gasteiger partial charge on any atom is 0.426 e. The molecule has 18 nitrogen and oxygen atoms in total. The molecule has 21 heteroatoms. The van der Waals surface area contributed by atoms with Gasteiger partial charge in [-0.1, -0.05) is 89.8 Å². The number of esters is 1. The molecule has 1 saturated heterocycles. The monoisotopic (exact) mass is 1040 g/mol. The summed E-state index contributed by atoms with van der Waals surface area (Å²) >= 11 is 1.18. The van der Waals surface area contributed by atoms with Gasteiger partial charge in [0, 0.05) is 61.3 Å². The Kier molecular flexibility index (Phi) is 25.9. The molecule has 4 rings (SSSR count). The van der Waals surface area contributed by atoms with Crippen molar-refractivity contribution in [3.63, 3.8) is 0 Å². The molecule has 0 saturated carbocycles. The van der Waals surface area contributed by atoms with E-state index in [4.69, 9.17) is 19.2 Å². The number of carbonyl (C=O) groups excluding carboxylic acids is 5. The van der Waals surface area contributed by atoms with E-state index in [1.54, 1.807) is 42.8 Å². The molecule has 0 aliphatic carbocycles. The van der Waals surface area contributed by atoms with Crippen LogP contribution < -0.4 is 21.5 Å². The summed E-state index contributed by atoms with van der Waals surface area (Å²) in [6.45, 7) is 14.7. The lowest BCUT2D eigenvalue weighted by molar-refractivity contribution is -0.156. The van der Waals surface area contributed by atoms with Gasteiger partial charge in [0.25, 0.3) is 5.91 Å². The number of amides is 4. The van der Waals surface area contributed by atoms with E-state index in [-0.39, 0.29) is 73.5 Å². The van der Waals surface area contributed by atoms with Gasteiger partial charge in [0.15, 0.2) is 12.4 Å². The first kappa shape index (κ1) is 59.1. The number of nitrogens with one attached hydrogen (secondary N) is 4. The van der Waals surface area contributed by atoms with Gasteiger partial charge < -0.3 is 35.1 Å². The van der Waals surface area contributed by atoms with E-state index in [0.29, 0.717) is 30.1 Å². The molecule has 8 atom stereocenters. The fourth-order valence-electron chi connectivity index (χ4n) is 8.23. The Hall–Kier alpha value is -4.51. The number of piperidine rings is 1. The van der Waals surface area contributed by atoms with Crippen LogP contribution in [0.4, 0.5) is 4.79 Å². The van der Waals surface area contributed by atoms with Gasteiger partial charge in [0.2, 0.25) is 11.8 Å². The fourth-order valence-corrected chi connectivity index (χ4v) is 10.8. The van der Waals surface area contributed by atoms with Gasteiger partial charge in [-0.05, 0) is 98.2 Å². The van der Waals surface area contributed by atoms with E-state index < -0.39 is 48.2 Å². The van der Waals surface area contributed by atoms with Crippen molar-refractivity contribution < 1.29 is 48.4 Å². The number of hydrogen-bond donors (Lipinski definition) is 6. The Morgan fingerprint density at radius 3 is 2.42 bits per heavy atom. The average Bonchev–Trinajstić information content (AvgIpc) is 3.84. The van der Waals surface area contributed by atoms with Gasteiger partial charge in [0.05, 0.1) is 6.04 Å². The van der Waals surface area contributed by atoms with Gasteiger partial charge in [-0.2, -0.15) is 0 Å². The second-order valence-corrected chi connectivity index (χ2v) is 21.8. The van der Waals surface area contributed by atoms with E-state index in [0.717, 1.165) is 49.2 Å². The minimum Gasteiger partial charge on any atom is -0.508 e. The number of nitrogens with zero attached hydrogens (tertiary/aromatic N) is 4. The number of likely N-dealkylation sites (N-methyl/N-ethyl adjacent to an activating group) is 1. The summed E-state index contributed by atoms with van der Waals surface area (Å²) in [4.78, 5) is 79.4. The topological polar surface area (TPSA) is 234 Å². The number of hydrazine groups is 1. The summed E-state index contributed by atoms with van der Waals surface area (Å²) in [7, 11) is 4.92. The predicted molar refractivity (Wildman–Crippen MR) is 277 cm³/mol. The normalized spacial score (nSPS) is 17.0. The van der Waals surface area contributed by atoms with Crippen LogP contribution in [0.25, 0.3) is 0 Å². The summed E-state index contributed by atoms with van der Waals surface area (Å²) < 4.78 is 17.2. The number of aliphatic hydroxyl groups is 1. The number of phenolic OH excluding ortho intramolecular Hbond substituents is 1. The number of likely N-dealkylation sites (tertiary alicyclic amines) is 1. The Labute approximate surface area is 431 Å². The fraction of sp³-hybridized carbons (Fsp3) is 0.620. The number of carbonyl (C=O) groups is 5. The van der Waals surface area contributed by atoms with Crippen molar-refractivity contribution in [2.45, 2.75) is 148 Å². The number of aromatic hydroxyl groups is 1. The lowest BCUT2D eigenvalue weighted by Crippen LogP contribution is -2.56. The SMILES string of the molecule is CCCC(O)OCN(C[C@@H](NC(=O)C1CCCCN1C)[C@@H](C)CC)[C@H](C[C@@H](OC(C)=O)c1nc(C(=O)N[C@@H](Cc2ccc(O)cc2)C[C@H](C)C(=O)NNC(=O)OCCSSc2ccccn2)cs1)C(C)C. The highest BCUT2D eigenvalue weighted by Crippen LogP contribution is 2.32. The summed E-state index contributed by atoms with van der Waals surface area (Å²) in [6, 6.07) is 10.8. The third-order valence-corrected chi connectivity index (χ3v) is 15.6.